The Morgan fingerprint density at radius 1 is 0.884 bits per heavy atom. The van der Waals surface area contributed by atoms with Crippen LogP contribution in [0.3, 0.4) is 0 Å². The molecule has 7 N–H and O–H groups in total. The van der Waals surface area contributed by atoms with Gasteiger partial charge in [-0.25, -0.2) is 4.79 Å². The molecule has 43 heavy (non-hydrogen) atoms. The molecule has 1 fully saturated rings. The number of esters is 1. The highest BCUT2D eigenvalue weighted by Gasteiger charge is 2.47. The van der Waals surface area contributed by atoms with E-state index in [0.29, 0.717) is 5.56 Å². The quantitative estimate of drug-likeness (QED) is 0.0923. The maximum Gasteiger partial charge on any atom is 0.331 e. The Morgan fingerprint density at radius 2 is 1.63 bits per heavy atom. The van der Waals surface area contributed by atoms with Crippen molar-refractivity contribution in [2.24, 2.45) is 0 Å². The number of fused-ring (bicyclic) bond motifs is 1. The minimum atomic E-state index is -1.79. The second-order valence-corrected chi connectivity index (χ2v) is 9.64. The number of aromatic hydroxyl groups is 4. The van der Waals surface area contributed by atoms with Gasteiger partial charge in [0.2, 0.25) is 6.29 Å². The molecule has 4 aromatic rings. The normalized spacial score (nSPS) is 22.1. The van der Waals surface area contributed by atoms with Crippen molar-refractivity contribution in [1.29, 1.82) is 0 Å². The van der Waals surface area contributed by atoms with E-state index in [-0.39, 0.29) is 39.5 Å². The first-order valence-electron chi connectivity index (χ1n) is 12.8. The molecule has 0 spiro atoms. The van der Waals surface area contributed by atoms with Crippen LogP contribution in [0.4, 0.5) is 0 Å². The van der Waals surface area contributed by atoms with Crippen LogP contribution in [0.15, 0.2) is 76.0 Å². The zero-order chi connectivity index (χ0) is 30.8. The van der Waals surface area contributed by atoms with Gasteiger partial charge in [-0.3, -0.25) is 4.79 Å². The molecule has 0 radical (unpaired) electrons. The third-order valence-corrected chi connectivity index (χ3v) is 6.67. The predicted molar refractivity (Wildman–Crippen MR) is 148 cm³/mol. The SMILES string of the molecule is O=C(C=Cc1ccc(O)cc1)OC1C(CO)OC(Oc2cc(O)c3c(=O)cc(-c4ccc(O)c(O)c4)oc3c2)C(O)C1O. The van der Waals surface area contributed by atoms with Gasteiger partial charge < -0.3 is 54.4 Å². The lowest BCUT2D eigenvalue weighted by atomic mass is 9.99. The summed E-state index contributed by atoms with van der Waals surface area (Å²) in [4.78, 5) is 25.1. The Bertz CT molecular complexity index is 1730. The minimum absolute atomic E-state index is 0.00168. The van der Waals surface area contributed by atoms with Gasteiger partial charge in [0.1, 0.15) is 52.3 Å². The summed E-state index contributed by atoms with van der Waals surface area (Å²) in [6.07, 6.45) is -5.52. The largest absolute Gasteiger partial charge is 0.508 e. The number of aliphatic hydroxyl groups is 3. The molecule has 5 atom stereocenters. The zero-order valence-corrected chi connectivity index (χ0v) is 22.1. The maximum atomic E-state index is 12.7. The Morgan fingerprint density at radius 3 is 2.33 bits per heavy atom. The lowest BCUT2D eigenvalue weighted by Gasteiger charge is -2.41. The number of benzene rings is 3. The number of hydrogen-bond acceptors (Lipinski definition) is 13. The molecule has 5 unspecified atom stereocenters. The molecule has 0 amide bonds. The molecule has 224 valence electrons. The molecule has 13 nitrogen and oxygen atoms in total. The average Bonchev–Trinajstić information content (AvgIpc) is 2.97. The molecule has 5 rings (SSSR count). The Balaban J connectivity index is 1.34. The first-order valence-corrected chi connectivity index (χ1v) is 12.8. The molecule has 1 aliphatic heterocycles. The Labute approximate surface area is 242 Å². The molecule has 1 aromatic heterocycles. The lowest BCUT2D eigenvalue weighted by molar-refractivity contribution is -0.280. The van der Waals surface area contributed by atoms with Gasteiger partial charge in [0.15, 0.2) is 23.0 Å². The van der Waals surface area contributed by atoms with Crippen LogP contribution in [-0.2, 0) is 14.3 Å². The fraction of sp³-hybridized carbons (Fsp3) is 0.200. The van der Waals surface area contributed by atoms with Crippen molar-refractivity contribution in [3.63, 3.8) is 0 Å². The van der Waals surface area contributed by atoms with Crippen molar-refractivity contribution in [2.45, 2.75) is 30.7 Å². The van der Waals surface area contributed by atoms with E-state index in [1.807, 2.05) is 0 Å². The standard InChI is InChI=1S/C30H26O13/c31-13-24-29(43-25(37)8-3-14-1-5-16(32)6-2-14)27(38)28(39)30(42-24)40-17-10-20(35)26-21(36)12-22(41-23(26)11-17)15-4-7-18(33)19(34)9-15/h1-12,24,27-35,38-39H,13H2. The maximum absolute atomic E-state index is 12.7. The van der Waals surface area contributed by atoms with Crippen LogP contribution in [0.5, 0.6) is 28.7 Å². The van der Waals surface area contributed by atoms with Gasteiger partial charge in [-0.05, 0) is 42.0 Å². The van der Waals surface area contributed by atoms with Gasteiger partial charge in [-0.15, -0.1) is 0 Å². The van der Waals surface area contributed by atoms with Gasteiger partial charge in [0.25, 0.3) is 0 Å². The molecule has 1 aliphatic rings. The smallest absolute Gasteiger partial charge is 0.331 e. The number of ether oxygens (including phenoxy) is 3. The minimum Gasteiger partial charge on any atom is -0.508 e. The van der Waals surface area contributed by atoms with E-state index in [4.69, 9.17) is 18.6 Å². The number of hydrogen-bond donors (Lipinski definition) is 7. The van der Waals surface area contributed by atoms with E-state index >= 15 is 0 Å². The summed E-state index contributed by atoms with van der Waals surface area (Å²) in [6.45, 7) is -0.732. The fourth-order valence-corrected chi connectivity index (χ4v) is 4.48. The lowest BCUT2D eigenvalue weighted by Crippen LogP contribution is -2.61. The molecule has 2 heterocycles. The molecular weight excluding hydrogens is 568 g/mol. The number of phenolic OH excluding ortho intramolecular Hbond substituents is 4. The van der Waals surface area contributed by atoms with Crippen LogP contribution in [0.1, 0.15) is 5.56 Å². The molecular formula is C30H26O13. The Kier molecular flexibility index (Phi) is 8.23. The van der Waals surface area contributed by atoms with Gasteiger partial charge in [0, 0.05) is 29.8 Å². The van der Waals surface area contributed by atoms with Crippen LogP contribution in [0.25, 0.3) is 28.4 Å². The third kappa shape index (κ3) is 6.24. The first kappa shape index (κ1) is 29.4. The van der Waals surface area contributed by atoms with Crippen LogP contribution in [0, 0.1) is 0 Å². The highest BCUT2D eigenvalue weighted by molar-refractivity contribution is 5.87. The van der Waals surface area contributed by atoms with Crippen LogP contribution in [0.2, 0.25) is 0 Å². The molecule has 0 bridgehead atoms. The van der Waals surface area contributed by atoms with E-state index in [1.165, 1.54) is 42.5 Å². The van der Waals surface area contributed by atoms with Gasteiger partial charge >= 0.3 is 5.97 Å². The fourth-order valence-electron chi connectivity index (χ4n) is 4.48. The second-order valence-electron chi connectivity index (χ2n) is 9.64. The van der Waals surface area contributed by atoms with E-state index in [9.17, 15) is 45.3 Å². The van der Waals surface area contributed by atoms with E-state index < -0.39 is 60.2 Å². The predicted octanol–water partition coefficient (Wildman–Crippen LogP) is 1.73. The van der Waals surface area contributed by atoms with E-state index in [2.05, 4.69) is 0 Å². The zero-order valence-electron chi connectivity index (χ0n) is 22.1. The molecule has 1 saturated heterocycles. The number of rotatable bonds is 7. The second kappa shape index (κ2) is 12.0. The van der Waals surface area contributed by atoms with Gasteiger partial charge in [0.05, 0.1) is 6.61 Å². The number of aliphatic hydroxyl groups excluding tert-OH is 3. The highest BCUT2D eigenvalue weighted by atomic mass is 16.7. The molecule has 0 saturated carbocycles. The van der Waals surface area contributed by atoms with Crippen molar-refractivity contribution in [3.05, 3.63) is 82.5 Å². The molecule has 0 aliphatic carbocycles. The van der Waals surface area contributed by atoms with Crippen LogP contribution >= 0.6 is 0 Å². The summed E-state index contributed by atoms with van der Waals surface area (Å²) < 4.78 is 22.2. The number of carbonyl (C=O) groups excluding carboxylic acids is 1. The summed E-state index contributed by atoms with van der Waals surface area (Å²) in [5.74, 6) is -2.37. The van der Waals surface area contributed by atoms with Gasteiger partial charge in [-0.1, -0.05) is 12.1 Å². The first-order chi connectivity index (χ1) is 20.5. The summed E-state index contributed by atoms with van der Waals surface area (Å²) in [7, 11) is 0. The van der Waals surface area contributed by atoms with Crippen molar-refractivity contribution < 1.29 is 59.2 Å². The van der Waals surface area contributed by atoms with Crippen LogP contribution in [-0.4, -0.2) is 79.0 Å². The summed E-state index contributed by atoms with van der Waals surface area (Å²) in [6, 6.07) is 13.1. The average molecular weight is 595 g/mol. The summed E-state index contributed by atoms with van der Waals surface area (Å²) >= 11 is 0. The molecule has 13 heteroatoms. The topological polar surface area (TPSA) is 217 Å². The molecule has 3 aromatic carbocycles. The monoisotopic (exact) mass is 594 g/mol. The van der Waals surface area contributed by atoms with E-state index in [0.717, 1.165) is 18.2 Å². The van der Waals surface area contributed by atoms with Crippen LogP contribution < -0.4 is 10.2 Å². The van der Waals surface area contributed by atoms with E-state index in [1.54, 1.807) is 12.1 Å². The van der Waals surface area contributed by atoms with Crippen molar-refractivity contribution >= 4 is 23.0 Å². The van der Waals surface area contributed by atoms with Gasteiger partial charge in [-0.2, -0.15) is 0 Å². The van der Waals surface area contributed by atoms with Crippen molar-refractivity contribution in [3.8, 4) is 40.1 Å². The highest BCUT2D eigenvalue weighted by Crippen LogP contribution is 2.35. The Hall–Kier alpha value is -5.08. The number of carbonyl (C=O) groups is 1. The summed E-state index contributed by atoms with van der Waals surface area (Å²) in [5.41, 5.74) is 0.0623. The van der Waals surface area contributed by atoms with Crippen molar-refractivity contribution in [2.75, 3.05) is 6.61 Å². The third-order valence-electron chi connectivity index (χ3n) is 6.67. The summed E-state index contributed by atoms with van der Waals surface area (Å²) in [5, 5.41) is 70.3. The van der Waals surface area contributed by atoms with Crippen molar-refractivity contribution in [1.82, 2.24) is 0 Å². The number of phenols is 4.